The first-order chi connectivity index (χ1) is 9.63. The molecule has 0 aliphatic carbocycles. The molecular formula is C15H20N4O. The lowest BCUT2D eigenvalue weighted by molar-refractivity contribution is 0.0790. The summed E-state index contributed by atoms with van der Waals surface area (Å²) in [6.45, 7) is 3.37. The average molecular weight is 272 g/mol. The number of aryl methyl sites for hydroxylation is 1. The Morgan fingerprint density at radius 3 is 2.70 bits per heavy atom. The molecule has 5 heteroatoms. The first kappa shape index (κ1) is 14.3. The minimum absolute atomic E-state index is 0.0574. The molecule has 106 valence electrons. The number of carbonyl (C=O) groups is 1. The Balaban J connectivity index is 2.21. The number of nitrogens with zero attached hydrogens (tertiary/aromatic N) is 3. The zero-order chi connectivity index (χ0) is 14.5. The predicted octanol–water partition coefficient (Wildman–Crippen LogP) is 1.47. The maximum absolute atomic E-state index is 12.3. The lowest BCUT2D eigenvalue weighted by Crippen LogP contribution is -2.33. The zero-order valence-electron chi connectivity index (χ0n) is 12.1. The molecule has 2 rings (SSSR count). The molecule has 0 spiro atoms. The molecule has 0 bridgehead atoms. The Morgan fingerprint density at radius 2 is 2.05 bits per heavy atom. The fourth-order valence-electron chi connectivity index (χ4n) is 1.99. The monoisotopic (exact) mass is 272 g/mol. The number of benzene rings is 1. The highest BCUT2D eigenvalue weighted by Crippen LogP contribution is 2.12. The van der Waals surface area contributed by atoms with Crippen LogP contribution in [0.15, 0.2) is 36.4 Å². The smallest absolute Gasteiger partial charge is 0.274 e. The Morgan fingerprint density at radius 1 is 1.35 bits per heavy atom. The Bertz CT molecular complexity index is 577. The van der Waals surface area contributed by atoms with E-state index in [9.17, 15) is 4.79 Å². The van der Waals surface area contributed by atoms with E-state index in [1.807, 2.05) is 50.4 Å². The van der Waals surface area contributed by atoms with Crippen molar-refractivity contribution >= 4 is 5.91 Å². The first-order valence-corrected chi connectivity index (χ1v) is 6.65. The van der Waals surface area contributed by atoms with Gasteiger partial charge in [0.2, 0.25) is 0 Å². The van der Waals surface area contributed by atoms with Gasteiger partial charge in [-0.2, -0.15) is 5.10 Å². The van der Waals surface area contributed by atoms with Crippen LogP contribution in [0, 0.1) is 6.92 Å². The minimum Gasteiger partial charge on any atom is -0.339 e. The highest BCUT2D eigenvalue weighted by atomic mass is 16.2. The molecule has 0 radical (unpaired) electrons. The van der Waals surface area contributed by atoms with Gasteiger partial charge in [-0.25, -0.2) is 4.68 Å². The Kier molecular flexibility index (Phi) is 4.53. The second-order valence-corrected chi connectivity index (χ2v) is 4.75. The van der Waals surface area contributed by atoms with Crippen LogP contribution in [0.2, 0.25) is 0 Å². The van der Waals surface area contributed by atoms with Gasteiger partial charge >= 0.3 is 0 Å². The van der Waals surface area contributed by atoms with Gasteiger partial charge in [-0.15, -0.1) is 0 Å². The fourth-order valence-corrected chi connectivity index (χ4v) is 1.99. The van der Waals surface area contributed by atoms with Crippen molar-refractivity contribution < 1.29 is 4.79 Å². The van der Waals surface area contributed by atoms with E-state index in [1.54, 1.807) is 16.6 Å². The first-order valence-electron chi connectivity index (χ1n) is 6.65. The summed E-state index contributed by atoms with van der Waals surface area (Å²) >= 11 is 0. The molecule has 1 N–H and O–H groups in total. The van der Waals surface area contributed by atoms with Gasteiger partial charge in [-0.1, -0.05) is 18.2 Å². The quantitative estimate of drug-likeness (QED) is 0.897. The molecule has 1 aromatic carbocycles. The molecule has 0 saturated heterocycles. The molecule has 0 saturated carbocycles. The molecule has 1 heterocycles. The van der Waals surface area contributed by atoms with Crippen molar-refractivity contribution in [2.24, 2.45) is 0 Å². The zero-order valence-corrected chi connectivity index (χ0v) is 12.1. The van der Waals surface area contributed by atoms with Crippen LogP contribution in [0.4, 0.5) is 0 Å². The number of hydrogen-bond acceptors (Lipinski definition) is 3. The largest absolute Gasteiger partial charge is 0.339 e. The number of rotatable bonds is 5. The summed E-state index contributed by atoms with van der Waals surface area (Å²) in [7, 11) is 3.66. The number of para-hydroxylation sites is 1. The maximum Gasteiger partial charge on any atom is 0.274 e. The van der Waals surface area contributed by atoms with Crippen LogP contribution in [0.5, 0.6) is 0 Å². The van der Waals surface area contributed by atoms with E-state index in [0.717, 1.165) is 17.9 Å². The molecule has 20 heavy (non-hydrogen) atoms. The van der Waals surface area contributed by atoms with Gasteiger partial charge in [0, 0.05) is 25.8 Å². The number of amides is 1. The van der Waals surface area contributed by atoms with Crippen molar-refractivity contribution in [3.05, 3.63) is 47.8 Å². The van der Waals surface area contributed by atoms with Crippen LogP contribution in [0.1, 0.15) is 16.2 Å². The van der Waals surface area contributed by atoms with Crippen molar-refractivity contribution in [2.75, 3.05) is 27.2 Å². The number of carbonyl (C=O) groups excluding carboxylic acids is 1. The van der Waals surface area contributed by atoms with Gasteiger partial charge in [0.1, 0.15) is 0 Å². The van der Waals surface area contributed by atoms with E-state index < -0.39 is 0 Å². The average Bonchev–Trinajstić information content (AvgIpc) is 2.86. The van der Waals surface area contributed by atoms with Crippen molar-refractivity contribution in [1.29, 1.82) is 0 Å². The summed E-state index contributed by atoms with van der Waals surface area (Å²) in [5, 5.41) is 7.44. The fraction of sp³-hybridized carbons (Fsp3) is 0.333. The standard InChI is InChI=1S/C15H20N4O/c1-12-11-14(15(20)18(3)10-9-16-2)17-19(12)13-7-5-4-6-8-13/h4-8,11,16H,9-10H2,1-3H3. The Hall–Kier alpha value is -2.14. The summed E-state index contributed by atoms with van der Waals surface area (Å²) in [6.07, 6.45) is 0. The maximum atomic E-state index is 12.3. The lowest BCUT2D eigenvalue weighted by atomic mass is 10.3. The highest BCUT2D eigenvalue weighted by molar-refractivity contribution is 5.92. The van der Waals surface area contributed by atoms with E-state index in [-0.39, 0.29) is 5.91 Å². The van der Waals surface area contributed by atoms with E-state index in [2.05, 4.69) is 10.4 Å². The highest BCUT2D eigenvalue weighted by Gasteiger charge is 2.16. The summed E-state index contributed by atoms with van der Waals surface area (Å²) in [5.74, 6) is -0.0574. The molecule has 0 fully saturated rings. The summed E-state index contributed by atoms with van der Waals surface area (Å²) < 4.78 is 1.79. The molecule has 2 aromatic rings. The minimum atomic E-state index is -0.0574. The molecule has 0 aliphatic rings. The van der Waals surface area contributed by atoms with Crippen LogP contribution in [-0.2, 0) is 0 Å². The molecule has 0 atom stereocenters. The van der Waals surface area contributed by atoms with Crippen LogP contribution in [0.25, 0.3) is 5.69 Å². The number of likely N-dealkylation sites (N-methyl/N-ethyl adjacent to an activating group) is 2. The van der Waals surface area contributed by atoms with Crippen molar-refractivity contribution in [3.63, 3.8) is 0 Å². The van der Waals surface area contributed by atoms with Gasteiger partial charge in [0.05, 0.1) is 5.69 Å². The summed E-state index contributed by atoms with van der Waals surface area (Å²) in [5.41, 5.74) is 2.38. The number of nitrogens with one attached hydrogen (secondary N) is 1. The SMILES string of the molecule is CNCCN(C)C(=O)c1cc(C)n(-c2ccccc2)n1. The molecular weight excluding hydrogens is 252 g/mol. The summed E-state index contributed by atoms with van der Waals surface area (Å²) in [6, 6.07) is 11.6. The molecule has 5 nitrogen and oxygen atoms in total. The van der Waals surface area contributed by atoms with Crippen LogP contribution in [0.3, 0.4) is 0 Å². The third kappa shape index (κ3) is 3.05. The van der Waals surface area contributed by atoms with Gasteiger partial charge < -0.3 is 10.2 Å². The second kappa shape index (κ2) is 6.34. The normalized spacial score (nSPS) is 10.6. The van der Waals surface area contributed by atoms with Crippen LogP contribution >= 0.6 is 0 Å². The van der Waals surface area contributed by atoms with Crippen LogP contribution in [-0.4, -0.2) is 47.8 Å². The van der Waals surface area contributed by atoms with Gasteiger partial charge in [0.25, 0.3) is 5.91 Å². The second-order valence-electron chi connectivity index (χ2n) is 4.75. The van der Waals surface area contributed by atoms with Crippen LogP contribution < -0.4 is 5.32 Å². The lowest BCUT2D eigenvalue weighted by Gasteiger charge is -2.15. The van der Waals surface area contributed by atoms with Gasteiger partial charge in [-0.3, -0.25) is 4.79 Å². The number of aromatic nitrogens is 2. The molecule has 0 unspecified atom stereocenters. The van der Waals surface area contributed by atoms with E-state index >= 15 is 0 Å². The Labute approximate surface area is 119 Å². The van der Waals surface area contributed by atoms with Crippen molar-refractivity contribution in [2.45, 2.75) is 6.92 Å². The van der Waals surface area contributed by atoms with E-state index in [1.165, 1.54) is 0 Å². The molecule has 1 aromatic heterocycles. The summed E-state index contributed by atoms with van der Waals surface area (Å²) in [4.78, 5) is 13.9. The molecule has 0 aliphatic heterocycles. The number of hydrogen-bond donors (Lipinski definition) is 1. The third-order valence-corrected chi connectivity index (χ3v) is 3.15. The predicted molar refractivity (Wildman–Crippen MR) is 79.2 cm³/mol. The van der Waals surface area contributed by atoms with Gasteiger partial charge in [0.15, 0.2) is 5.69 Å². The topological polar surface area (TPSA) is 50.2 Å². The van der Waals surface area contributed by atoms with Gasteiger partial charge in [-0.05, 0) is 32.2 Å². The molecule has 1 amide bonds. The van der Waals surface area contributed by atoms with Crippen molar-refractivity contribution in [1.82, 2.24) is 20.0 Å². The van der Waals surface area contributed by atoms with E-state index in [4.69, 9.17) is 0 Å². The van der Waals surface area contributed by atoms with E-state index in [0.29, 0.717) is 12.2 Å². The van der Waals surface area contributed by atoms with Crippen molar-refractivity contribution in [3.8, 4) is 5.69 Å². The third-order valence-electron chi connectivity index (χ3n) is 3.15.